The zero-order valence-corrected chi connectivity index (χ0v) is 21.7. The number of piperidine rings is 1. The lowest BCUT2D eigenvalue weighted by atomic mass is 10.0. The molecular formula is C26H28F3N5O3S. The first-order valence-electron chi connectivity index (χ1n) is 12.0. The highest BCUT2D eigenvalue weighted by atomic mass is 32.1. The molecule has 2 aromatic heterocycles. The van der Waals surface area contributed by atoms with E-state index >= 15 is 0 Å². The summed E-state index contributed by atoms with van der Waals surface area (Å²) in [6.45, 7) is 0.376. The molecule has 0 atom stereocenters. The first-order valence-corrected chi connectivity index (χ1v) is 12.8. The Morgan fingerprint density at radius 2 is 1.95 bits per heavy atom. The Bertz CT molecular complexity index is 1380. The molecule has 4 rings (SSSR count). The molecule has 3 heterocycles. The molecule has 8 nitrogen and oxygen atoms in total. The molecule has 0 aliphatic carbocycles. The van der Waals surface area contributed by atoms with Gasteiger partial charge < -0.3 is 25.2 Å². The maximum absolute atomic E-state index is 13.5. The van der Waals surface area contributed by atoms with E-state index in [9.17, 15) is 27.9 Å². The van der Waals surface area contributed by atoms with Crippen molar-refractivity contribution in [3.63, 3.8) is 0 Å². The van der Waals surface area contributed by atoms with Crippen molar-refractivity contribution < 1.29 is 27.9 Å². The molecule has 202 valence electrons. The molecule has 0 unspecified atom stereocenters. The van der Waals surface area contributed by atoms with Crippen LogP contribution in [0.15, 0.2) is 36.4 Å². The van der Waals surface area contributed by atoms with Gasteiger partial charge in [-0.25, -0.2) is 4.79 Å². The van der Waals surface area contributed by atoms with E-state index in [4.69, 9.17) is 0 Å². The fraction of sp³-hybridized carbons (Fsp3) is 0.385. The SMILES string of the molecule is CNC(=O)c1ccc(N(CC#Cc2cc3c(NC4CCN(C)CC4)cccc3n2CC(F)(F)F)C(=O)O)s1. The number of rotatable bonds is 6. The number of nitrogens with zero attached hydrogens (tertiary/aromatic N) is 3. The van der Waals surface area contributed by atoms with Gasteiger partial charge in [-0.15, -0.1) is 11.3 Å². The summed E-state index contributed by atoms with van der Waals surface area (Å²) in [6.07, 6.45) is -3.90. The Morgan fingerprint density at radius 1 is 1.21 bits per heavy atom. The van der Waals surface area contributed by atoms with Crippen molar-refractivity contribution in [3.8, 4) is 11.8 Å². The van der Waals surface area contributed by atoms with Crippen LogP contribution in [-0.4, -0.2) is 72.5 Å². The van der Waals surface area contributed by atoms with E-state index in [0.29, 0.717) is 15.8 Å². The molecule has 38 heavy (non-hydrogen) atoms. The van der Waals surface area contributed by atoms with E-state index in [-0.39, 0.29) is 29.2 Å². The number of carboxylic acid groups (broad SMARTS) is 1. The average Bonchev–Trinajstić information content (AvgIpc) is 3.48. The van der Waals surface area contributed by atoms with Gasteiger partial charge in [0.2, 0.25) is 0 Å². The van der Waals surface area contributed by atoms with Crippen LogP contribution < -0.4 is 15.5 Å². The number of nitrogens with one attached hydrogen (secondary N) is 2. The number of anilines is 2. The smallest absolute Gasteiger partial charge is 0.413 e. The van der Waals surface area contributed by atoms with E-state index in [2.05, 4.69) is 34.4 Å². The number of halogens is 3. The zero-order chi connectivity index (χ0) is 27.4. The van der Waals surface area contributed by atoms with Gasteiger partial charge in [-0.2, -0.15) is 13.2 Å². The van der Waals surface area contributed by atoms with E-state index in [0.717, 1.165) is 52.4 Å². The predicted molar refractivity (Wildman–Crippen MR) is 142 cm³/mol. The van der Waals surface area contributed by atoms with Crippen molar-refractivity contribution in [1.82, 2.24) is 14.8 Å². The third-order valence-electron chi connectivity index (χ3n) is 6.35. The van der Waals surface area contributed by atoms with Gasteiger partial charge >= 0.3 is 12.3 Å². The molecule has 3 N–H and O–H groups in total. The molecule has 2 amide bonds. The number of thiophene rings is 1. The second-order valence-corrected chi connectivity index (χ2v) is 10.1. The van der Waals surface area contributed by atoms with Crippen LogP contribution >= 0.6 is 11.3 Å². The van der Waals surface area contributed by atoms with Gasteiger partial charge in [0.05, 0.1) is 22.6 Å². The van der Waals surface area contributed by atoms with Crippen LogP contribution in [0.2, 0.25) is 0 Å². The fourth-order valence-corrected chi connectivity index (χ4v) is 5.35. The molecule has 0 saturated carbocycles. The molecule has 0 spiro atoms. The number of carbonyl (C=O) groups excluding carboxylic acids is 1. The monoisotopic (exact) mass is 547 g/mol. The highest BCUT2D eigenvalue weighted by molar-refractivity contribution is 7.18. The van der Waals surface area contributed by atoms with E-state index < -0.39 is 18.8 Å². The predicted octanol–water partition coefficient (Wildman–Crippen LogP) is 4.67. The average molecular weight is 548 g/mol. The first kappa shape index (κ1) is 27.3. The van der Waals surface area contributed by atoms with Crippen molar-refractivity contribution >= 4 is 44.9 Å². The molecule has 3 aromatic rings. The number of likely N-dealkylation sites (tertiary alicyclic amines) is 1. The van der Waals surface area contributed by atoms with E-state index in [1.54, 1.807) is 18.2 Å². The minimum atomic E-state index is -4.47. The highest BCUT2D eigenvalue weighted by Gasteiger charge is 2.30. The lowest BCUT2D eigenvalue weighted by Crippen LogP contribution is -2.36. The second kappa shape index (κ2) is 11.4. The maximum Gasteiger partial charge on any atom is 0.413 e. The molecule has 12 heteroatoms. The number of aromatic nitrogens is 1. The van der Waals surface area contributed by atoms with Crippen molar-refractivity contribution in [3.05, 3.63) is 47.0 Å². The van der Waals surface area contributed by atoms with Gasteiger partial charge in [-0.3, -0.25) is 9.69 Å². The molecule has 0 bridgehead atoms. The van der Waals surface area contributed by atoms with Gasteiger partial charge in [0.1, 0.15) is 11.5 Å². The quantitative estimate of drug-likeness (QED) is 0.391. The highest BCUT2D eigenvalue weighted by Crippen LogP contribution is 2.31. The van der Waals surface area contributed by atoms with Crippen LogP contribution in [0.5, 0.6) is 0 Å². The molecule has 1 aliphatic heterocycles. The topological polar surface area (TPSA) is 89.8 Å². The Hall–Kier alpha value is -3.69. The first-order chi connectivity index (χ1) is 18.1. The molecular weight excluding hydrogens is 519 g/mol. The Kier molecular flexibility index (Phi) is 8.18. The van der Waals surface area contributed by atoms with Crippen LogP contribution in [-0.2, 0) is 6.54 Å². The number of hydrogen-bond donors (Lipinski definition) is 3. The summed E-state index contributed by atoms with van der Waals surface area (Å²) in [7, 11) is 3.53. The minimum Gasteiger partial charge on any atom is -0.465 e. The molecule has 1 aromatic carbocycles. The zero-order valence-electron chi connectivity index (χ0n) is 20.9. The molecule has 0 radical (unpaired) electrons. The van der Waals surface area contributed by atoms with Gasteiger partial charge in [-0.05, 0) is 69.2 Å². The summed E-state index contributed by atoms with van der Waals surface area (Å²) in [5.41, 5.74) is 1.28. The Morgan fingerprint density at radius 3 is 2.61 bits per heavy atom. The van der Waals surface area contributed by atoms with E-state index in [1.165, 1.54) is 19.2 Å². The Balaban J connectivity index is 1.64. The minimum absolute atomic E-state index is 0.137. The number of alkyl halides is 3. The lowest BCUT2D eigenvalue weighted by Gasteiger charge is -2.30. The van der Waals surface area contributed by atoms with Gasteiger partial charge in [-0.1, -0.05) is 12.0 Å². The summed E-state index contributed by atoms with van der Waals surface area (Å²) in [5.74, 6) is 5.12. The number of amides is 2. The summed E-state index contributed by atoms with van der Waals surface area (Å²) < 4.78 is 41.6. The second-order valence-electron chi connectivity index (χ2n) is 9.08. The van der Waals surface area contributed by atoms with Crippen LogP contribution in [0.25, 0.3) is 10.9 Å². The number of carbonyl (C=O) groups is 2. The Labute approximate surface area is 222 Å². The van der Waals surface area contributed by atoms with Crippen molar-refractivity contribution in [2.75, 3.05) is 43.9 Å². The largest absolute Gasteiger partial charge is 0.465 e. The summed E-state index contributed by atoms with van der Waals surface area (Å²) in [5, 5.41) is 16.5. The van der Waals surface area contributed by atoms with Crippen molar-refractivity contribution in [2.24, 2.45) is 0 Å². The van der Waals surface area contributed by atoms with Crippen LogP contribution in [0, 0.1) is 11.8 Å². The molecule has 1 saturated heterocycles. The van der Waals surface area contributed by atoms with Crippen molar-refractivity contribution in [1.29, 1.82) is 0 Å². The number of fused-ring (bicyclic) bond motifs is 1. The third-order valence-corrected chi connectivity index (χ3v) is 7.46. The standard InChI is InChI=1S/C26H28F3N5O3S/c1-30-24(35)22-8-9-23(38-22)33(25(36)37)12-4-5-18-15-19-20(31-17-10-13-32(2)14-11-17)6-3-7-21(19)34(18)16-26(27,28)29/h3,6-9,15,17,31H,10-14,16H2,1-2H3,(H,30,35)(H,36,37). The van der Waals surface area contributed by atoms with Crippen LogP contribution in [0.4, 0.5) is 28.7 Å². The van der Waals surface area contributed by atoms with Crippen LogP contribution in [0.3, 0.4) is 0 Å². The summed E-state index contributed by atoms with van der Waals surface area (Å²) in [4.78, 5) is 27.2. The van der Waals surface area contributed by atoms with Gasteiger partial charge in [0, 0.05) is 24.2 Å². The lowest BCUT2D eigenvalue weighted by molar-refractivity contribution is -0.140. The molecule has 1 fully saturated rings. The third kappa shape index (κ3) is 6.41. The normalized spacial score (nSPS) is 14.7. The summed E-state index contributed by atoms with van der Waals surface area (Å²) >= 11 is 0.982. The van der Waals surface area contributed by atoms with Crippen LogP contribution in [0.1, 0.15) is 28.2 Å². The number of benzene rings is 1. The van der Waals surface area contributed by atoms with E-state index in [1.807, 2.05) is 6.07 Å². The van der Waals surface area contributed by atoms with Gasteiger partial charge in [0.15, 0.2) is 0 Å². The fourth-order valence-electron chi connectivity index (χ4n) is 4.40. The maximum atomic E-state index is 13.5. The van der Waals surface area contributed by atoms with Gasteiger partial charge in [0.25, 0.3) is 5.91 Å². The number of hydrogen-bond acceptors (Lipinski definition) is 5. The summed E-state index contributed by atoms with van der Waals surface area (Å²) in [6, 6.07) is 10.0. The molecule has 1 aliphatic rings. The van der Waals surface area contributed by atoms with Crippen molar-refractivity contribution in [2.45, 2.75) is 31.6 Å².